The lowest BCUT2D eigenvalue weighted by Gasteiger charge is -2.56. The van der Waals surface area contributed by atoms with E-state index >= 15 is 0 Å². The van der Waals surface area contributed by atoms with Gasteiger partial charge < -0.3 is 32.3 Å². The molecule has 0 aromatic rings. The third-order valence-electron chi connectivity index (χ3n) is 12.4. The maximum absolute atomic E-state index is 14.4. The van der Waals surface area contributed by atoms with Crippen molar-refractivity contribution in [3.05, 3.63) is 0 Å². The van der Waals surface area contributed by atoms with Crippen LogP contribution in [-0.4, -0.2) is 75.3 Å². The standard InChI is InChI=1S/C38H76N6O4/c1-16-38(13,37(11,12)32(48)43-23-20-39)35(7,8)24-27(30(46)42-22-19-17-18-21-41-29(45)26-40)36(9,10)34(5,6)25-28(33(2,3)4)31(47)44(14)15/h27-28H,16-26,39-40H2,1-15H3,(H,41,45)(H,42,46)(H,43,48). The maximum Gasteiger partial charge on any atom is 0.233 e. The van der Waals surface area contributed by atoms with E-state index in [1.165, 1.54) is 0 Å². The molecule has 0 radical (unpaired) electrons. The Labute approximate surface area is 294 Å². The van der Waals surface area contributed by atoms with Gasteiger partial charge in [0.05, 0.1) is 6.54 Å². The number of nitrogens with one attached hydrogen (secondary N) is 3. The zero-order chi connectivity index (χ0) is 37.9. The lowest BCUT2D eigenvalue weighted by molar-refractivity contribution is -0.151. The summed E-state index contributed by atoms with van der Waals surface area (Å²) in [5.74, 6) is -0.756. The molecule has 10 nitrogen and oxygen atoms in total. The van der Waals surface area contributed by atoms with Gasteiger partial charge in [0.25, 0.3) is 0 Å². The lowest BCUT2D eigenvalue weighted by Crippen LogP contribution is -2.57. The summed E-state index contributed by atoms with van der Waals surface area (Å²) < 4.78 is 0. The number of hydrogen-bond donors (Lipinski definition) is 5. The second-order valence-electron chi connectivity index (χ2n) is 17.9. The fourth-order valence-electron chi connectivity index (χ4n) is 7.22. The lowest BCUT2D eigenvalue weighted by atomic mass is 9.47. The highest BCUT2D eigenvalue weighted by Gasteiger charge is 2.57. The van der Waals surface area contributed by atoms with Gasteiger partial charge in [-0.05, 0) is 65.6 Å². The van der Waals surface area contributed by atoms with Crippen LogP contribution in [0, 0.1) is 44.3 Å². The minimum Gasteiger partial charge on any atom is -0.356 e. The topological polar surface area (TPSA) is 160 Å². The number of hydrogen-bond acceptors (Lipinski definition) is 6. The Morgan fingerprint density at radius 3 is 1.60 bits per heavy atom. The van der Waals surface area contributed by atoms with Crippen molar-refractivity contribution in [1.29, 1.82) is 0 Å². The van der Waals surface area contributed by atoms with E-state index in [2.05, 4.69) is 92.1 Å². The molecule has 282 valence electrons. The fraction of sp³-hybridized carbons (Fsp3) is 0.895. The highest BCUT2D eigenvalue weighted by atomic mass is 16.2. The summed E-state index contributed by atoms with van der Waals surface area (Å²) in [4.78, 5) is 54.7. The Morgan fingerprint density at radius 1 is 0.667 bits per heavy atom. The zero-order valence-electron chi connectivity index (χ0n) is 33.7. The molecule has 3 atom stereocenters. The van der Waals surface area contributed by atoms with Gasteiger partial charge in [-0.1, -0.05) is 90.0 Å². The van der Waals surface area contributed by atoms with Gasteiger partial charge in [-0.3, -0.25) is 19.2 Å². The molecule has 0 aliphatic rings. The summed E-state index contributed by atoms with van der Waals surface area (Å²) in [6.45, 7) is 29.6. The average molecular weight is 681 g/mol. The molecule has 48 heavy (non-hydrogen) atoms. The van der Waals surface area contributed by atoms with Crippen molar-refractivity contribution in [2.45, 2.75) is 129 Å². The fourth-order valence-corrected chi connectivity index (χ4v) is 7.22. The first-order valence-electron chi connectivity index (χ1n) is 18.2. The van der Waals surface area contributed by atoms with Crippen LogP contribution in [0.25, 0.3) is 0 Å². The van der Waals surface area contributed by atoms with E-state index in [0.29, 0.717) is 39.0 Å². The summed E-state index contributed by atoms with van der Waals surface area (Å²) in [6, 6.07) is 0. The number of carbonyl (C=O) groups excluding carboxylic acids is 4. The van der Waals surface area contributed by atoms with Gasteiger partial charge >= 0.3 is 0 Å². The van der Waals surface area contributed by atoms with Crippen LogP contribution >= 0.6 is 0 Å². The molecule has 0 aromatic heterocycles. The summed E-state index contributed by atoms with van der Waals surface area (Å²) in [5.41, 5.74) is 8.23. The molecule has 0 heterocycles. The van der Waals surface area contributed by atoms with E-state index < -0.39 is 33.0 Å². The Balaban J connectivity index is 6.69. The molecule has 0 fully saturated rings. The SMILES string of the molecule is CCC(C)(C(C)(C)CC(C(=O)NCCCCCNC(=O)CN)C(C)(C)C(C)(C)CC(C(=O)N(C)C)C(C)(C)C)C(C)(C)C(=O)NCCN. The molecule has 0 aliphatic heterocycles. The summed E-state index contributed by atoms with van der Waals surface area (Å²) in [5, 5.41) is 9.07. The smallest absolute Gasteiger partial charge is 0.233 e. The minimum atomic E-state index is -0.740. The van der Waals surface area contributed by atoms with Crippen LogP contribution in [0.3, 0.4) is 0 Å². The predicted octanol–water partition coefficient (Wildman–Crippen LogP) is 5.09. The van der Waals surface area contributed by atoms with Crippen LogP contribution in [0.5, 0.6) is 0 Å². The van der Waals surface area contributed by atoms with Crippen LogP contribution in [0.1, 0.15) is 129 Å². The molecular weight excluding hydrogens is 604 g/mol. The van der Waals surface area contributed by atoms with Crippen molar-refractivity contribution in [1.82, 2.24) is 20.9 Å². The molecule has 0 aromatic carbocycles. The van der Waals surface area contributed by atoms with E-state index in [9.17, 15) is 19.2 Å². The highest BCUT2D eigenvalue weighted by Crippen LogP contribution is 2.60. The summed E-state index contributed by atoms with van der Waals surface area (Å²) in [7, 11) is 3.61. The Hall–Kier alpha value is -2.20. The van der Waals surface area contributed by atoms with Crippen LogP contribution in [-0.2, 0) is 19.2 Å². The van der Waals surface area contributed by atoms with E-state index in [1.807, 2.05) is 13.8 Å². The third kappa shape index (κ3) is 11.4. The first-order chi connectivity index (χ1) is 21.7. The highest BCUT2D eigenvalue weighted by molar-refractivity contribution is 5.83. The van der Waals surface area contributed by atoms with Crippen LogP contribution in [0.15, 0.2) is 0 Å². The molecule has 0 saturated heterocycles. The second-order valence-corrected chi connectivity index (χ2v) is 17.9. The van der Waals surface area contributed by atoms with Crippen molar-refractivity contribution in [3.63, 3.8) is 0 Å². The van der Waals surface area contributed by atoms with Crippen molar-refractivity contribution in [2.24, 2.45) is 55.8 Å². The second kappa shape index (κ2) is 18.2. The van der Waals surface area contributed by atoms with E-state index in [1.54, 1.807) is 19.0 Å². The Morgan fingerprint density at radius 2 is 1.17 bits per heavy atom. The van der Waals surface area contributed by atoms with Crippen LogP contribution < -0.4 is 27.4 Å². The molecule has 7 N–H and O–H groups in total. The van der Waals surface area contributed by atoms with Gasteiger partial charge in [-0.2, -0.15) is 0 Å². The van der Waals surface area contributed by atoms with Crippen molar-refractivity contribution in [2.75, 3.05) is 46.8 Å². The Bertz CT molecular complexity index is 1060. The monoisotopic (exact) mass is 681 g/mol. The van der Waals surface area contributed by atoms with Crippen LogP contribution in [0.2, 0.25) is 0 Å². The number of nitrogens with two attached hydrogens (primary N) is 2. The van der Waals surface area contributed by atoms with Crippen molar-refractivity contribution in [3.8, 4) is 0 Å². The molecule has 3 unspecified atom stereocenters. The first kappa shape index (κ1) is 45.8. The van der Waals surface area contributed by atoms with Gasteiger partial charge in [0.1, 0.15) is 0 Å². The van der Waals surface area contributed by atoms with E-state index in [4.69, 9.17) is 11.5 Å². The molecular formula is C38H76N6O4. The number of nitrogens with zero attached hydrogens (tertiary/aromatic N) is 1. The third-order valence-corrected chi connectivity index (χ3v) is 12.4. The largest absolute Gasteiger partial charge is 0.356 e. The number of amides is 4. The van der Waals surface area contributed by atoms with Gasteiger partial charge in [0.15, 0.2) is 0 Å². The van der Waals surface area contributed by atoms with Gasteiger partial charge in [0, 0.05) is 57.5 Å². The Kier molecular flexibility index (Phi) is 17.3. The van der Waals surface area contributed by atoms with Gasteiger partial charge in [-0.15, -0.1) is 0 Å². The first-order valence-corrected chi connectivity index (χ1v) is 18.2. The number of rotatable bonds is 21. The summed E-state index contributed by atoms with van der Waals surface area (Å²) >= 11 is 0. The molecule has 0 spiro atoms. The minimum absolute atomic E-state index is 0.00679. The number of carbonyl (C=O) groups is 4. The molecule has 0 bridgehead atoms. The quantitative estimate of drug-likeness (QED) is 0.106. The summed E-state index contributed by atoms with van der Waals surface area (Å²) in [6.07, 6.45) is 4.37. The van der Waals surface area contributed by atoms with Crippen molar-refractivity contribution < 1.29 is 19.2 Å². The molecule has 0 rings (SSSR count). The molecule has 10 heteroatoms. The normalized spacial score (nSPS) is 15.6. The maximum atomic E-state index is 14.4. The predicted molar refractivity (Wildman–Crippen MR) is 199 cm³/mol. The van der Waals surface area contributed by atoms with Crippen LogP contribution in [0.4, 0.5) is 0 Å². The average Bonchev–Trinajstić information content (AvgIpc) is 2.98. The molecule has 0 aliphatic carbocycles. The van der Waals surface area contributed by atoms with Gasteiger partial charge in [0.2, 0.25) is 23.6 Å². The number of unbranched alkanes of at least 4 members (excludes halogenated alkanes) is 2. The van der Waals surface area contributed by atoms with E-state index in [0.717, 1.165) is 25.7 Å². The van der Waals surface area contributed by atoms with E-state index in [-0.39, 0.29) is 41.5 Å². The zero-order valence-corrected chi connectivity index (χ0v) is 33.7. The van der Waals surface area contributed by atoms with Crippen molar-refractivity contribution >= 4 is 23.6 Å². The van der Waals surface area contributed by atoms with Gasteiger partial charge in [-0.25, -0.2) is 0 Å². The molecule has 4 amide bonds. The molecule has 0 saturated carbocycles.